The molecule has 3 rings (SSSR count). The zero-order valence-corrected chi connectivity index (χ0v) is 9.78. The molecule has 0 bridgehead atoms. The minimum atomic E-state index is -0.228. The van der Waals surface area contributed by atoms with E-state index in [-0.39, 0.29) is 6.10 Å². The molecule has 82 valence electrons. The van der Waals surface area contributed by atoms with Crippen LogP contribution in [-0.2, 0) is 12.8 Å². The largest absolute Gasteiger partial charge is 0.392 e. The van der Waals surface area contributed by atoms with Gasteiger partial charge in [0.2, 0.25) is 0 Å². The lowest BCUT2D eigenvalue weighted by Crippen LogP contribution is -2.30. The van der Waals surface area contributed by atoms with Crippen molar-refractivity contribution in [3.8, 4) is 0 Å². The number of benzene rings is 1. The van der Waals surface area contributed by atoms with E-state index in [9.17, 15) is 5.11 Å². The smallest absolute Gasteiger partial charge is 0.0660 e. The molecule has 0 spiro atoms. The topological polar surface area (TPSA) is 20.2 Å². The van der Waals surface area contributed by atoms with Crippen LogP contribution in [0.5, 0.6) is 0 Å². The van der Waals surface area contributed by atoms with Gasteiger partial charge >= 0.3 is 0 Å². The molecule has 2 heteroatoms. The molecule has 0 amide bonds. The average molecular weight is 230 g/mol. The van der Waals surface area contributed by atoms with Crippen molar-refractivity contribution in [3.05, 3.63) is 57.8 Å². The summed E-state index contributed by atoms with van der Waals surface area (Å²) in [5.74, 6) is 0.346. The lowest BCUT2D eigenvalue weighted by Gasteiger charge is -2.33. The number of fused-ring (bicyclic) bond motifs is 1. The van der Waals surface area contributed by atoms with E-state index < -0.39 is 0 Å². The van der Waals surface area contributed by atoms with Crippen LogP contribution in [0.1, 0.15) is 21.9 Å². The second-order valence-corrected chi connectivity index (χ2v) is 5.39. The molecule has 0 fully saturated rings. The first kappa shape index (κ1) is 10.1. The van der Waals surface area contributed by atoms with Crippen LogP contribution in [0.15, 0.2) is 41.8 Å². The van der Waals surface area contributed by atoms with E-state index in [0.29, 0.717) is 5.92 Å². The first-order valence-electron chi connectivity index (χ1n) is 5.63. The Labute approximate surface area is 99.4 Å². The van der Waals surface area contributed by atoms with Gasteiger partial charge in [-0.2, -0.15) is 0 Å². The third-order valence-electron chi connectivity index (χ3n) is 3.35. The van der Waals surface area contributed by atoms with Gasteiger partial charge in [-0.3, -0.25) is 0 Å². The molecular weight excluding hydrogens is 216 g/mol. The fraction of sp³-hybridized carbons (Fsp3) is 0.286. The van der Waals surface area contributed by atoms with Crippen LogP contribution in [0.25, 0.3) is 0 Å². The first-order valence-corrected chi connectivity index (χ1v) is 6.51. The van der Waals surface area contributed by atoms with E-state index in [4.69, 9.17) is 0 Å². The molecule has 1 N–H and O–H groups in total. The second-order valence-electron chi connectivity index (χ2n) is 4.36. The molecule has 0 radical (unpaired) electrons. The van der Waals surface area contributed by atoms with Crippen LogP contribution in [0, 0.1) is 0 Å². The molecule has 0 saturated heterocycles. The summed E-state index contributed by atoms with van der Waals surface area (Å²) < 4.78 is 0. The number of aliphatic hydroxyl groups excluding tert-OH is 1. The van der Waals surface area contributed by atoms with Crippen molar-refractivity contribution >= 4 is 11.3 Å². The van der Waals surface area contributed by atoms with E-state index in [1.54, 1.807) is 11.3 Å². The quantitative estimate of drug-likeness (QED) is 0.859. The van der Waals surface area contributed by atoms with Crippen molar-refractivity contribution in [1.29, 1.82) is 0 Å². The van der Waals surface area contributed by atoms with E-state index in [1.807, 2.05) is 6.07 Å². The molecule has 1 aromatic carbocycles. The van der Waals surface area contributed by atoms with Crippen molar-refractivity contribution in [2.45, 2.75) is 24.9 Å². The summed E-state index contributed by atoms with van der Waals surface area (Å²) in [7, 11) is 0. The molecule has 1 aliphatic carbocycles. The summed E-state index contributed by atoms with van der Waals surface area (Å²) >= 11 is 1.72. The standard InChI is InChI=1S/C14H14OS/c15-14(9-11-5-3-7-16-11)13-8-10-4-1-2-6-12(10)13/h1-7,13-15H,8-9H2. The van der Waals surface area contributed by atoms with Crippen LogP contribution in [-0.4, -0.2) is 11.2 Å². The number of rotatable bonds is 3. The molecule has 1 nitrogen and oxygen atoms in total. The fourth-order valence-electron chi connectivity index (χ4n) is 2.42. The average Bonchev–Trinajstić information content (AvgIpc) is 2.72. The van der Waals surface area contributed by atoms with Crippen LogP contribution in [0.2, 0.25) is 0 Å². The SMILES string of the molecule is OC(Cc1cccs1)C1Cc2ccccc21. The van der Waals surface area contributed by atoms with E-state index in [2.05, 4.69) is 35.7 Å². The highest BCUT2D eigenvalue weighted by Gasteiger charge is 2.31. The van der Waals surface area contributed by atoms with Gasteiger partial charge in [0, 0.05) is 17.2 Å². The Morgan fingerprint density at radius 2 is 2.12 bits per heavy atom. The molecule has 0 aliphatic heterocycles. The van der Waals surface area contributed by atoms with Crippen LogP contribution < -0.4 is 0 Å². The van der Waals surface area contributed by atoms with E-state index in [0.717, 1.165) is 12.8 Å². The van der Waals surface area contributed by atoms with Crippen molar-refractivity contribution in [2.75, 3.05) is 0 Å². The van der Waals surface area contributed by atoms with Gasteiger partial charge in [0.1, 0.15) is 0 Å². The Balaban J connectivity index is 1.72. The Morgan fingerprint density at radius 3 is 2.88 bits per heavy atom. The van der Waals surface area contributed by atoms with Crippen molar-refractivity contribution in [2.24, 2.45) is 0 Å². The van der Waals surface area contributed by atoms with E-state index in [1.165, 1.54) is 16.0 Å². The Hall–Kier alpha value is -1.12. The van der Waals surface area contributed by atoms with Gasteiger partial charge in [0.25, 0.3) is 0 Å². The molecule has 2 unspecified atom stereocenters. The van der Waals surface area contributed by atoms with Crippen molar-refractivity contribution in [1.82, 2.24) is 0 Å². The summed E-state index contributed by atoms with van der Waals surface area (Å²) in [5, 5.41) is 12.3. The molecule has 16 heavy (non-hydrogen) atoms. The lowest BCUT2D eigenvalue weighted by atomic mass is 9.74. The summed E-state index contributed by atoms with van der Waals surface area (Å²) in [6, 6.07) is 12.6. The molecular formula is C14H14OS. The summed E-state index contributed by atoms with van der Waals surface area (Å²) in [6.07, 6.45) is 1.59. The zero-order chi connectivity index (χ0) is 11.0. The van der Waals surface area contributed by atoms with Crippen LogP contribution in [0.3, 0.4) is 0 Å². The number of hydrogen-bond acceptors (Lipinski definition) is 2. The number of aliphatic hydroxyl groups is 1. The zero-order valence-electron chi connectivity index (χ0n) is 8.97. The van der Waals surface area contributed by atoms with Gasteiger partial charge in [0.15, 0.2) is 0 Å². The summed E-state index contributed by atoms with van der Waals surface area (Å²) in [6.45, 7) is 0. The predicted molar refractivity (Wildman–Crippen MR) is 66.9 cm³/mol. The van der Waals surface area contributed by atoms with Gasteiger partial charge < -0.3 is 5.11 Å². The number of thiophene rings is 1. The maximum absolute atomic E-state index is 10.2. The van der Waals surface area contributed by atoms with E-state index >= 15 is 0 Å². The lowest BCUT2D eigenvalue weighted by molar-refractivity contribution is 0.134. The van der Waals surface area contributed by atoms with Crippen molar-refractivity contribution in [3.63, 3.8) is 0 Å². The van der Waals surface area contributed by atoms with Gasteiger partial charge in [-0.1, -0.05) is 30.3 Å². The highest BCUT2D eigenvalue weighted by atomic mass is 32.1. The monoisotopic (exact) mass is 230 g/mol. The molecule has 2 aromatic rings. The van der Waals surface area contributed by atoms with Gasteiger partial charge in [-0.15, -0.1) is 11.3 Å². The normalized spacial score (nSPS) is 19.9. The van der Waals surface area contributed by atoms with Crippen molar-refractivity contribution < 1.29 is 5.11 Å². The third-order valence-corrected chi connectivity index (χ3v) is 4.25. The summed E-state index contributed by atoms with van der Waals surface area (Å²) in [4.78, 5) is 1.27. The maximum Gasteiger partial charge on any atom is 0.0660 e. The molecule has 1 heterocycles. The van der Waals surface area contributed by atoms with Gasteiger partial charge in [-0.25, -0.2) is 0 Å². The third kappa shape index (κ3) is 1.68. The Kier molecular flexibility index (Phi) is 2.54. The fourth-order valence-corrected chi connectivity index (χ4v) is 3.17. The van der Waals surface area contributed by atoms with Gasteiger partial charge in [0.05, 0.1) is 6.10 Å². The number of hydrogen-bond donors (Lipinski definition) is 1. The minimum Gasteiger partial charge on any atom is -0.392 e. The molecule has 2 atom stereocenters. The molecule has 1 aromatic heterocycles. The maximum atomic E-state index is 10.2. The minimum absolute atomic E-state index is 0.228. The highest BCUT2D eigenvalue weighted by molar-refractivity contribution is 7.09. The molecule has 1 aliphatic rings. The summed E-state index contributed by atoms with van der Waals surface area (Å²) in [5.41, 5.74) is 2.74. The van der Waals surface area contributed by atoms with Crippen LogP contribution in [0.4, 0.5) is 0 Å². The Bertz CT molecular complexity index is 475. The predicted octanol–water partition coefficient (Wildman–Crippen LogP) is 2.99. The van der Waals surface area contributed by atoms with Crippen LogP contribution >= 0.6 is 11.3 Å². The van der Waals surface area contributed by atoms with Gasteiger partial charge in [-0.05, 0) is 29.0 Å². The highest BCUT2D eigenvalue weighted by Crippen LogP contribution is 2.38. The second kappa shape index (κ2) is 4.04. The first-order chi connectivity index (χ1) is 7.84. The Morgan fingerprint density at radius 1 is 1.25 bits per heavy atom. The molecule has 0 saturated carbocycles.